The molecule has 28 heavy (non-hydrogen) atoms. The van der Waals surface area contributed by atoms with Gasteiger partial charge in [0, 0.05) is 25.3 Å². The molecule has 0 unspecified atom stereocenters. The zero-order valence-corrected chi connectivity index (χ0v) is 17.9. The molecule has 1 aromatic carbocycles. The fourth-order valence-electron chi connectivity index (χ4n) is 2.92. The van der Waals surface area contributed by atoms with Crippen molar-refractivity contribution in [1.29, 1.82) is 0 Å². The maximum absolute atomic E-state index is 13.4. The Bertz CT molecular complexity index is 947. The second kappa shape index (κ2) is 8.70. The molecule has 0 aliphatic carbocycles. The molecule has 2 aromatic heterocycles. The number of carbonyl (C=O) groups excluding carboxylic acids is 1. The summed E-state index contributed by atoms with van der Waals surface area (Å²) in [6, 6.07) is 7.74. The number of benzene rings is 1. The first-order chi connectivity index (χ1) is 13.4. The second-order valence-corrected chi connectivity index (χ2v) is 8.06. The van der Waals surface area contributed by atoms with Crippen molar-refractivity contribution < 1.29 is 9.53 Å². The average molecular weight is 402 g/mol. The number of anilines is 1. The van der Waals surface area contributed by atoms with E-state index in [9.17, 15) is 4.79 Å². The van der Waals surface area contributed by atoms with Crippen LogP contribution in [0.3, 0.4) is 0 Å². The Labute approximate surface area is 169 Å². The van der Waals surface area contributed by atoms with E-state index in [-0.39, 0.29) is 11.9 Å². The minimum atomic E-state index is -0.0925. The molecule has 1 amide bonds. The number of rotatable bonds is 8. The molecule has 7 nitrogen and oxygen atoms in total. The van der Waals surface area contributed by atoms with Crippen molar-refractivity contribution in [2.24, 2.45) is 0 Å². The van der Waals surface area contributed by atoms with Gasteiger partial charge in [-0.3, -0.25) is 14.4 Å². The lowest BCUT2D eigenvalue weighted by atomic mass is 10.3. The molecule has 0 radical (unpaired) electrons. The van der Waals surface area contributed by atoms with Crippen LogP contribution in [0.15, 0.2) is 30.5 Å². The molecule has 150 valence electrons. The number of nitrogens with zero attached hydrogens (tertiary/aromatic N) is 5. The summed E-state index contributed by atoms with van der Waals surface area (Å²) in [5, 5.41) is 4.98. The molecule has 3 rings (SSSR count). The van der Waals surface area contributed by atoms with Crippen molar-refractivity contribution in [2.45, 2.75) is 26.8 Å². The Morgan fingerprint density at radius 3 is 2.71 bits per heavy atom. The zero-order chi connectivity index (χ0) is 20.3. The van der Waals surface area contributed by atoms with Crippen molar-refractivity contribution in [3.8, 4) is 5.75 Å². The van der Waals surface area contributed by atoms with Crippen LogP contribution in [0.25, 0.3) is 10.2 Å². The highest BCUT2D eigenvalue weighted by Crippen LogP contribution is 2.34. The summed E-state index contributed by atoms with van der Waals surface area (Å²) in [6.45, 7) is 7.82. The van der Waals surface area contributed by atoms with Gasteiger partial charge < -0.3 is 9.64 Å². The van der Waals surface area contributed by atoms with Gasteiger partial charge in [-0.25, -0.2) is 4.98 Å². The molecule has 0 saturated heterocycles. The standard InChI is InChI=1S/C20H27N5O2S/c1-6-27-16-8-7-9-17-18(16)22-20(28-17)24(13-12-23(4)5)19(26)15-10-11-21-25(15)14(2)3/h7-11,14H,6,12-13H2,1-5H3. The number of aromatic nitrogens is 3. The van der Waals surface area contributed by atoms with Gasteiger partial charge in [0.1, 0.15) is 17.0 Å². The largest absolute Gasteiger partial charge is 0.492 e. The molecule has 8 heteroatoms. The van der Waals surface area contributed by atoms with Crippen LogP contribution in [-0.4, -0.2) is 59.4 Å². The quantitative estimate of drug-likeness (QED) is 0.576. The molecule has 0 saturated carbocycles. The van der Waals surface area contributed by atoms with Gasteiger partial charge in [-0.2, -0.15) is 5.10 Å². The van der Waals surface area contributed by atoms with Crippen LogP contribution < -0.4 is 9.64 Å². The summed E-state index contributed by atoms with van der Waals surface area (Å²) in [5.41, 5.74) is 1.36. The van der Waals surface area contributed by atoms with E-state index in [1.165, 1.54) is 11.3 Å². The van der Waals surface area contributed by atoms with Crippen LogP contribution in [0.2, 0.25) is 0 Å². The van der Waals surface area contributed by atoms with Gasteiger partial charge in [0.05, 0.1) is 11.3 Å². The SMILES string of the molecule is CCOc1cccc2sc(N(CCN(C)C)C(=O)c3ccnn3C(C)C)nc12. The number of hydrogen-bond acceptors (Lipinski definition) is 6. The zero-order valence-electron chi connectivity index (χ0n) is 17.0. The number of likely N-dealkylation sites (N-methyl/N-ethyl adjacent to an activating group) is 1. The number of thiazole rings is 1. The Morgan fingerprint density at radius 2 is 2.04 bits per heavy atom. The number of hydrogen-bond donors (Lipinski definition) is 0. The lowest BCUT2D eigenvalue weighted by molar-refractivity contribution is 0.0973. The Kier molecular flexibility index (Phi) is 6.31. The van der Waals surface area contributed by atoms with Crippen LogP contribution in [-0.2, 0) is 0 Å². The molecule has 0 aliphatic rings. The van der Waals surface area contributed by atoms with Crippen molar-refractivity contribution in [3.63, 3.8) is 0 Å². The van der Waals surface area contributed by atoms with E-state index in [4.69, 9.17) is 9.72 Å². The van der Waals surface area contributed by atoms with E-state index in [2.05, 4.69) is 10.00 Å². The van der Waals surface area contributed by atoms with Gasteiger partial charge in [-0.15, -0.1) is 0 Å². The number of amides is 1. The van der Waals surface area contributed by atoms with Gasteiger partial charge in [-0.05, 0) is 53.1 Å². The molecule has 3 aromatic rings. The summed E-state index contributed by atoms with van der Waals surface area (Å²) >= 11 is 1.50. The first-order valence-electron chi connectivity index (χ1n) is 9.44. The molecule has 0 N–H and O–H groups in total. The topological polar surface area (TPSA) is 63.5 Å². The first-order valence-corrected chi connectivity index (χ1v) is 10.3. The lowest BCUT2D eigenvalue weighted by Gasteiger charge is -2.22. The second-order valence-electron chi connectivity index (χ2n) is 7.05. The third-order valence-corrected chi connectivity index (χ3v) is 5.34. The number of para-hydroxylation sites is 1. The summed E-state index contributed by atoms with van der Waals surface area (Å²) < 4.78 is 8.47. The maximum atomic E-state index is 13.4. The van der Waals surface area contributed by atoms with Gasteiger partial charge in [0.2, 0.25) is 0 Å². The number of ether oxygens (including phenoxy) is 1. The highest BCUT2D eigenvalue weighted by atomic mass is 32.1. The molecule has 2 heterocycles. The summed E-state index contributed by atoms with van der Waals surface area (Å²) in [4.78, 5) is 22.0. The predicted octanol–water partition coefficient (Wildman–Crippen LogP) is 3.68. The lowest BCUT2D eigenvalue weighted by Crippen LogP contribution is -2.38. The maximum Gasteiger partial charge on any atom is 0.278 e. The molecule has 0 atom stereocenters. The van der Waals surface area contributed by atoms with Crippen LogP contribution in [0.4, 0.5) is 5.13 Å². The highest BCUT2D eigenvalue weighted by Gasteiger charge is 2.25. The Hall–Kier alpha value is -2.45. The predicted molar refractivity (Wildman–Crippen MR) is 114 cm³/mol. The molecular weight excluding hydrogens is 374 g/mol. The van der Waals surface area contributed by atoms with Crippen LogP contribution in [0, 0.1) is 0 Å². The van der Waals surface area contributed by atoms with E-state index in [0.29, 0.717) is 24.0 Å². The van der Waals surface area contributed by atoms with Crippen LogP contribution in [0.1, 0.15) is 37.3 Å². The Balaban J connectivity index is 2.02. The molecule has 0 bridgehead atoms. The van der Waals surface area contributed by atoms with Gasteiger partial charge in [0.15, 0.2) is 5.13 Å². The summed E-state index contributed by atoms with van der Waals surface area (Å²) in [6.07, 6.45) is 1.67. The number of carbonyl (C=O) groups is 1. The minimum absolute atomic E-state index is 0.0925. The highest BCUT2D eigenvalue weighted by molar-refractivity contribution is 7.22. The van der Waals surface area contributed by atoms with Crippen molar-refractivity contribution in [1.82, 2.24) is 19.7 Å². The van der Waals surface area contributed by atoms with E-state index in [1.807, 2.05) is 53.1 Å². The fourth-order valence-corrected chi connectivity index (χ4v) is 3.92. The molecule has 0 fully saturated rings. The summed E-state index contributed by atoms with van der Waals surface area (Å²) in [5.74, 6) is 0.653. The van der Waals surface area contributed by atoms with Crippen LogP contribution >= 0.6 is 11.3 Å². The van der Waals surface area contributed by atoms with Crippen molar-refractivity contribution in [3.05, 3.63) is 36.2 Å². The Morgan fingerprint density at radius 1 is 1.25 bits per heavy atom. The fraction of sp³-hybridized carbons (Fsp3) is 0.450. The molecular formula is C20H27N5O2S. The van der Waals surface area contributed by atoms with Gasteiger partial charge in [0.25, 0.3) is 5.91 Å². The third-order valence-electron chi connectivity index (χ3n) is 4.30. The van der Waals surface area contributed by atoms with E-state index < -0.39 is 0 Å². The van der Waals surface area contributed by atoms with Crippen molar-refractivity contribution in [2.75, 3.05) is 38.7 Å². The summed E-state index contributed by atoms with van der Waals surface area (Å²) in [7, 11) is 3.99. The van der Waals surface area contributed by atoms with Crippen molar-refractivity contribution >= 4 is 32.6 Å². The first kappa shape index (κ1) is 20.3. The van der Waals surface area contributed by atoms with Gasteiger partial charge in [-0.1, -0.05) is 17.4 Å². The van der Waals surface area contributed by atoms with E-state index in [0.717, 1.165) is 22.5 Å². The smallest absolute Gasteiger partial charge is 0.278 e. The normalized spacial score (nSPS) is 11.5. The van der Waals surface area contributed by atoms with Gasteiger partial charge >= 0.3 is 0 Å². The third kappa shape index (κ3) is 4.18. The minimum Gasteiger partial charge on any atom is -0.492 e. The molecule has 0 spiro atoms. The number of fused-ring (bicyclic) bond motifs is 1. The van der Waals surface area contributed by atoms with Crippen LogP contribution in [0.5, 0.6) is 5.75 Å². The van der Waals surface area contributed by atoms with E-state index in [1.54, 1.807) is 21.8 Å². The monoisotopic (exact) mass is 401 g/mol. The molecule has 0 aliphatic heterocycles. The van der Waals surface area contributed by atoms with E-state index >= 15 is 0 Å². The average Bonchev–Trinajstić information content (AvgIpc) is 3.29.